The molecule has 54 valence electrons. The van der Waals surface area contributed by atoms with E-state index in [2.05, 4.69) is 13.5 Å². The third-order valence-electron chi connectivity index (χ3n) is 0.999. The smallest absolute Gasteiger partial charge is 0.105 e. The van der Waals surface area contributed by atoms with Crippen molar-refractivity contribution in [1.82, 2.24) is 0 Å². The lowest BCUT2D eigenvalue weighted by atomic mass is 10.3. The van der Waals surface area contributed by atoms with Gasteiger partial charge in [-0.2, -0.15) is 0 Å². The molecule has 0 aromatic heterocycles. The van der Waals surface area contributed by atoms with Gasteiger partial charge in [0, 0.05) is 0 Å². The second-order valence-corrected chi connectivity index (χ2v) is 2.10. The maximum Gasteiger partial charge on any atom is 0.105 e. The molecule has 2 nitrogen and oxygen atoms in total. The standard InChI is InChI=1S/C7H15NO/c1-4-5-9-7(3)6(2)8/h6H,3-5,8H2,1-2H3. The Morgan fingerprint density at radius 2 is 2.33 bits per heavy atom. The third-order valence-corrected chi connectivity index (χ3v) is 0.999. The average Bonchev–Trinajstić information content (AvgIpc) is 1.82. The molecule has 0 aliphatic heterocycles. The van der Waals surface area contributed by atoms with Crippen LogP contribution in [0.15, 0.2) is 12.3 Å². The lowest BCUT2D eigenvalue weighted by Crippen LogP contribution is -2.19. The molecule has 1 unspecified atom stereocenters. The van der Waals surface area contributed by atoms with E-state index in [1.807, 2.05) is 6.92 Å². The first kappa shape index (κ1) is 8.50. The quantitative estimate of drug-likeness (QED) is 0.580. The van der Waals surface area contributed by atoms with Crippen LogP contribution in [0.5, 0.6) is 0 Å². The minimum atomic E-state index is -0.0449. The van der Waals surface area contributed by atoms with Crippen molar-refractivity contribution < 1.29 is 4.74 Å². The molecule has 0 spiro atoms. The van der Waals surface area contributed by atoms with E-state index in [1.54, 1.807) is 0 Å². The summed E-state index contributed by atoms with van der Waals surface area (Å²) in [5.41, 5.74) is 5.45. The van der Waals surface area contributed by atoms with Crippen LogP contribution in [0.3, 0.4) is 0 Å². The van der Waals surface area contributed by atoms with Gasteiger partial charge in [0.05, 0.1) is 12.6 Å². The number of ether oxygens (including phenoxy) is 1. The Morgan fingerprint density at radius 3 is 2.67 bits per heavy atom. The molecule has 0 aromatic rings. The van der Waals surface area contributed by atoms with Crippen molar-refractivity contribution in [1.29, 1.82) is 0 Å². The second kappa shape index (κ2) is 4.39. The van der Waals surface area contributed by atoms with E-state index in [9.17, 15) is 0 Å². The third kappa shape index (κ3) is 4.03. The largest absolute Gasteiger partial charge is 0.497 e. The monoisotopic (exact) mass is 129 g/mol. The van der Waals surface area contributed by atoms with Crippen molar-refractivity contribution in [3.8, 4) is 0 Å². The molecule has 0 amide bonds. The van der Waals surface area contributed by atoms with Gasteiger partial charge < -0.3 is 10.5 Å². The van der Waals surface area contributed by atoms with Crippen molar-refractivity contribution in [3.05, 3.63) is 12.3 Å². The molecule has 0 bridgehead atoms. The van der Waals surface area contributed by atoms with Gasteiger partial charge in [0.15, 0.2) is 0 Å². The van der Waals surface area contributed by atoms with Gasteiger partial charge in [0.1, 0.15) is 5.76 Å². The zero-order valence-electron chi connectivity index (χ0n) is 6.18. The molecule has 0 aliphatic carbocycles. The first-order valence-corrected chi connectivity index (χ1v) is 3.25. The van der Waals surface area contributed by atoms with Gasteiger partial charge in [-0.15, -0.1) is 0 Å². The maximum absolute atomic E-state index is 5.45. The summed E-state index contributed by atoms with van der Waals surface area (Å²) >= 11 is 0. The highest BCUT2D eigenvalue weighted by Gasteiger charge is 1.98. The van der Waals surface area contributed by atoms with E-state index in [1.165, 1.54) is 0 Å². The Hall–Kier alpha value is -0.500. The molecule has 0 saturated heterocycles. The van der Waals surface area contributed by atoms with Crippen LogP contribution in [0, 0.1) is 0 Å². The molecule has 0 saturated carbocycles. The molecule has 0 radical (unpaired) electrons. The highest BCUT2D eigenvalue weighted by atomic mass is 16.5. The molecule has 0 aromatic carbocycles. The Labute approximate surface area is 56.7 Å². The molecular weight excluding hydrogens is 114 g/mol. The van der Waals surface area contributed by atoms with Crippen molar-refractivity contribution in [2.75, 3.05) is 6.61 Å². The fourth-order valence-electron chi connectivity index (χ4n) is 0.365. The van der Waals surface area contributed by atoms with E-state index in [0.29, 0.717) is 5.76 Å². The Balaban J connectivity index is 3.28. The van der Waals surface area contributed by atoms with Crippen molar-refractivity contribution in [2.24, 2.45) is 5.73 Å². The van der Waals surface area contributed by atoms with Crippen molar-refractivity contribution in [2.45, 2.75) is 26.3 Å². The fourth-order valence-corrected chi connectivity index (χ4v) is 0.365. The van der Waals surface area contributed by atoms with Gasteiger partial charge in [0.2, 0.25) is 0 Å². The van der Waals surface area contributed by atoms with Gasteiger partial charge in [-0.3, -0.25) is 0 Å². The molecule has 1 atom stereocenters. The lowest BCUT2D eigenvalue weighted by Gasteiger charge is -2.09. The lowest BCUT2D eigenvalue weighted by molar-refractivity contribution is 0.198. The van der Waals surface area contributed by atoms with E-state index >= 15 is 0 Å². The van der Waals surface area contributed by atoms with E-state index in [0.717, 1.165) is 13.0 Å². The van der Waals surface area contributed by atoms with Crippen LogP contribution in [0.1, 0.15) is 20.3 Å². The van der Waals surface area contributed by atoms with E-state index in [4.69, 9.17) is 10.5 Å². The summed E-state index contributed by atoms with van der Waals surface area (Å²) in [6.45, 7) is 8.28. The van der Waals surface area contributed by atoms with Gasteiger partial charge >= 0.3 is 0 Å². The van der Waals surface area contributed by atoms with Gasteiger partial charge in [-0.1, -0.05) is 13.5 Å². The van der Waals surface area contributed by atoms with Crippen LogP contribution < -0.4 is 5.73 Å². The van der Waals surface area contributed by atoms with E-state index < -0.39 is 0 Å². The van der Waals surface area contributed by atoms with Gasteiger partial charge in [-0.05, 0) is 13.3 Å². The normalized spacial score (nSPS) is 12.8. The first-order chi connectivity index (χ1) is 4.18. The average molecular weight is 129 g/mol. The second-order valence-electron chi connectivity index (χ2n) is 2.10. The number of hydrogen-bond acceptors (Lipinski definition) is 2. The molecule has 0 heterocycles. The molecular formula is C7H15NO. The van der Waals surface area contributed by atoms with Crippen molar-refractivity contribution in [3.63, 3.8) is 0 Å². The Bertz CT molecular complexity index is 88.9. The topological polar surface area (TPSA) is 35.2 Å². The summed E-state index contributed by atoms with van der Waals surface area (Å²) in [7, 11) is 0. The highest BCUT2D eigenvalue weighted by Crippen LogP contribution is 1.97. The van der Waals surface area contributed by atoms with Crippen LogP contribution in [-0.4, -0.2) is 12.6 Å². The number of hydrogen-bond donors (Lipinski definition) is 1. The first-order valence-electron chi connectivity index (χ1n) is 3.25. The summed E-state index contributed by atoms with van der Waals surface area (Å²) < 4.78 is 5.13. The highest BCUT2D eigenvalue weighted by molar-refractivity contribution is 4.91. The zero-order valence-corrected chi connectivity index (χ0v) is 6.18. The summed E-state index contributed by atoms with van der Waals surface area (Å²) in [4.78, 5) is 0. The van der Waals surface area contributed by atoms with Crippen LogP contribution in [-0.2, 0) is 4.74 Å². The number of nitrogens with two attached hydrogens (primary N) is 1. The molecule has 0 rings (SSSR count). The Kier molecular flexibility index (Phi) is 4.14. The molecule has 2 N–H and O–H groups in total. The van der Waals surface area contributed by atoms with E-state index in [-0.39, 0.29) is 6.04 Å². The molecule has 9 heavy (non-hydrogen) atoms. The molecule has 0 aliphatic rings. The summed E-state index contributed by atoms with van der Waals surface area (Å²) in [5, 5.41) is 0. The Morgan fingerprint density at radius 1 is 1.78 bits per heavy atom. The van der Waals surface area contributed by atoms with Crippen LogP contribution in [0.25, 0.3) is 0 Å². The summed E-state index contributed by atoms with van der Waals surface area (Å²) in [5.74, 6) is 0.678. The van der Waals surface area contributed by atoms with Gasteiger partial charge in [0.25, 0.3) is 0 Å². The maximum atomic E-state index is 5.45. The minimum absolute atomic E-state index is 0.0449. The van der Waals surface area contributed by atoms with Gasteiger partial charge in [-0.25, -0.2) is 0 Å². The minimum Gasteiger partial charge on any atom is -0.497 e. The summed E-state index contributed by atoms with van der Waals surface area (Å²) in [6.07, 6.45) is 1.01. The van der Waals surface area contributed by atoms with Crippen LogP contribution >= 0.6 is 0 Å². The van der Waals surface area contributed by atoms with Crippen LogP contribution in [0.4, 0.5) is 0 Å². The number of rotatable bonds is 4. The predicted octanol–water partition coefficient (Wildman–Crippen LogP) is 1.27. The zero-order chi connectivity index (χ0) is 7.28. The molecule has 2 heteroatoms. The van der Waals surface area contributed by atoms with Crippen LogP contribution in [0.2, 0.25) is 0 Å². The van der Waals surface area contributed by atoms with Crippen molar-refractivity contribution >= 4 is 0 Å². The molecule has 0 fully saturated rings. The SMILES string of the molecule is C=C(OCCC)C(C)N. The summed E-state index contributed by atoms with van der Waals surface area (Å²) in [6, 6.07) is -0.0449. The fraction of sp³-hybridized carbons (Fsp3) is 0.714. The predicted molar refractivity (Wildman–Crippen MR) is 39.0 cm³/mol.